The molecule has 2 aromatic carbocycles. The lowest BCUT2D eigenvalue weighted by atomic mass is 10.1. The molecular formula is C19H21N3O. The van der Waals surface area contributed by atoms with Crippen LogP contribution in [0, 0.1) is 0 Å². The minimum Gasteiger partial charge on any atom is -0.497 e. The smallest absolute Gasteiger partial charge is 0.162 e. The van der Waals surface area contributed by atoms with Crippen molar-refractivity contribution in [2.24, 2.45) is 0 Å². The summed E-state index contributed by atoms with van der Waals surface area (Å²) in [6.07, 6.45) is 1.04. The van der Waals surface area contributed by atoms with Gasteiger partial charge >= 0.3 is 0 Å². The van der Waals surface area contributed by atoms with Crippen LogP contribution in [-0.2, 0) is 0 Å². The Labute approximate surface area is 136 Å². The van der Waals surface area contributed by atoms with E-state index in [-0.39, 0.29) is 0 Å². The minimum atomic E-state index is 0.358. The fourth-order valence-corrected chi connectivity index (χ4v) is 2.39. The SMILES string of the molecule is CCC(C)Nc1nc(-c2ccc(OC)cc2)nc2ccccc12. The van der Waals surface area contributed by atoms with E-state index in [1.54, 1.807) is 7.11 Å². The molecule has 1 N–H and O–H groups in total. The maximum atomic E-state index is 5.21. The van der Waals surface area contributed by atoms with Gasteiger partial charge in [0.15, 0.2) is 5.82 Å². The third-order valence-corrected chi connectivity index (χ3v) is 3.95. The van der Waals surface area contributed by atoms with Crippen LogP contribution in [0.3, 0.4) is 0 Å². The highest BCUT2D eigenvalue weighted by Gasteiger charge is 2.10. The molecule has 0 bridgehead atoms. The third-order valence-electron chi connectivity index (χ3n) is 3.95. The zero-order chi connectivity index (χ0) is 16.2. The number of rotatable bonds is 5. The molecule has 4 nitrogen and oxygen atoms in total. The molecule has 1 aromatic heterocycles. The van der Waals surface area contributed by atoms with Crippen molar-refractivity contribution in [2.75, 3.05) is 12.4 Å². The summed E-state index contributed by atoms with van der Waals surface area (Å²) in [7, 11) is 1.66. The van der Waals surface area contributed by atoms with E-state index in [0.717, 1.165) is 40.3 Å². The van der Waals surface area contributed by atoms with E-state index in [1.807, 2.05) is 42.5 Å². The molecule has 3 rings (SSSR count). The van der Waals surface area contributed by atoms with E-state index in [1.165, 1.54) is 0 Å². The number of nitrogens with one attached hydrogen (secondary N) is 1. The van der Waals surface area contributed by atoms with E-state index in [9.17, 15) is 0 Å². The first-order valence-corrected chi connectivity index (χ1v) is 7.89. The molecule has 1 heterocycles. The van der Waals surface area contributed by atoms with Crippen molar-refractivity contribution in [2.45, 2.75) is 26.3 Å². The van der Waals surface area contributed by atoms with Crippen LogP contribution >= 0.6 is 0 Å². The Hall–Kier alpha value is -2.62. The molecule has 1 unspecified atom stereocenters. The van der Waals surface area contributed by atoms with Gasteiger partial charge in [-0.15, -0.1) is 0 Å². The maximum absolute atomic E-state index is 5.21. The normalized spacial score (nSPS) is 12.1. The van der Waals surface area contributed by atoms with Gasteiger partial charge in [0.2, 0.25) is 0 Å². The molecule has 0 saturated carbocycles. The third kappa shape index (κ3) is 3.26. The van der Waals surface area contributed by atoms with Gasteiger partial charge in [0, 0.05) is 17.0 Å². The second kappa shape index (κ2) is 6.65. The highest BCUT2D eigenvalue weighted by atomic mass is 16.5. The Morgan fingerprint density at radius 2 is 1.78 bits per heavy atom. The van der Waals surface area contributed by atoms with Gasteiger partial charge < -0.3 is 10.1 Å². The van der Waals surface area contributed by atoms with Crippen LogP contribution < -0.4 is 10.1 Å². The van der Waals surface area contributed by atoms with Crippen molar-refractivity contribution < 1.29 is 4.74 Å². The number of hydrogen-bond donors (Lipinski definition) is 1. The Balaban J connectivity index is 2.09. The quantitative estimate of drug-likeness (QED) is 0.753. The lowest BCUT2D eigenvalue weighted by molar-refractivity contribution is 0.415. The van der Waals surface area contributed by atoms with Crippen LogP contribution in [0.2, 0.25) is 0 Å². The lowest BCUT2D eigenvalue weighted by Gasteiger charge is -2.15. The zero-order valence-corrected chi connectivity index (χ0v) is 13.7. The van der Waals surface area contributed by atoms with Gasteiger partial charge in [-0.3, -0.25) is 0 Å². The molecule has 3 aromatic rings. The molecule has 0 aliphatic heterocycles. The molecule has 118 valence electrons. The van der Waals surface area contributed by atoms with Gasteiger partial charge in [-0.2, -0.15) is 0 Å². The predicted octanol–water partition coefficient (Wildman–Crippen LogP) is 4.52. The molecule has 0 radical (unpaired) electrons. The van der Waals surface area contributed by atoms with Gasteiger partial charge in [0.25, 0.3) is 0 Å². The molecule has 23 heavy (non-hydrogen) atoms. The number of methoxy groups -OCH3 is 1. The molecule has 0 aliphatic carbocycles. The fourth-order valence-electron chi connectivity index (χ4n) is 2.39. The minimum absolute atomic E-state index is 0.358. The summed E-state index contributed by atoms with van der Waals surface area (Å²) >= 11 is 0. The first-order valence-electron chi connectivity index (χ1n) is 7.89. The Morgan fingerprint density at radius 1 is 1.04 bits per heavy atom. The summed E-state index contributed by atoms with van der Waals surface area (Å²) in [5.74, 6) is 2.43. The Bertz CT molecular complexity index is 799. The largest absolute Gasteiger partial charge is 0.497 e. The number of benzene rings is 2. The zero-order valence-electron chi connectivity index (χ0n) is 13.7. The van der Waals surface area contributed by atoms with Crippen LogP contribution in [0.5, 0.6) is 5.75 Å². The number of aromatic nitrogens is 2. The van der Waals surface area contributed by atoms with Gasteiger partial charge in [0.1, 0.15) is 11.6 Å². The van der Waals surface area contributed by atoms with Crippen LogP contribution in [0.25, 0.3) is 22.3 Å². The average molecular weight is 307 g/mol. The van der Waals surface area contributed by atoms with Crippen LogP contribution in [0.4, 0.5) is 5.82 Å². The van der Waals surface area contributed by atoms with E-state index >= 15 is 0 Å². The predicted molar refractivity (Wildman–Crippen MR) is 94.9 cm³/mol. The number of fused-ring (bicyclic) bond motifs is 1. The van der Waals surface area contributed by atoms with Gasteiger partial charge in [-0.25, -0.2) is 9.97 Å². The summed E-state index contributed by atoms with van der Waals surface area (Å²) in [6.45, 7) is 4.31. The summed E-state index contributed by atoms with van der Waals surface area (Å²) in [5, 5.41) is 4.54. The molecule has 1 atom stereocenters. The molecule has 0 amide bonds. The van der Waals surface area contributed by atoms with E-state index in [2.05, 4.69) is 25.2 Å². The summed E-state index contributed by atoms with van der Waals surface area (Å²) in [6, 6.07) is 16.3. The first kappa shape index (κ1) is 15.3. The van der Waals surface area contributed by atoms with Crippen molar-refractivity contribution in [3.63, 3.8) is 0 Å². The Morgan fingerprint density at radius 3 is 2.48 bits per heavy atom. The number of nitrogens with zero attached hydrogens (tertiary/aromatic N) is 2. The fraction of sp³-hybridized carbons (Fsp3) is 0.263. The molecule has 0 saturated heterocycles. The van der Waals surface area contributed by atoms with E-state index in [4.69, 9.17) is 14.7 Å². The van der Waals surface area contributed by atoms with Crippen LogP contribution in [-0.4, -0.2) is 23.1 Å². The van der Waals surface area contributed by atoms with Gasteiger partial charge in [-0.05, 0) is 49.7 Å². The molecular weight excluding hydrogens is 286 g/mol. The van der Waals surface area contributed by atoms with Crippen molar-refractivity contribution in [3.05, 3.63) is 48.5 Å². The molecule has 0 aliphatic rings. The molecule has 0 spiro atoms. The summed E-state index contributed by atoms with van der Waals surface area (Å²) in [4.78, 5) is 9.45. The van der Waals surface area contributed by atoms with Crippen molar-refractivity contribution in [1.82, 2.24) is 9.97 Å². The second-order valence-corrected chi connectivity index (χ2v) is 5.60. The van der Waals surface area contributed by atoms with E-state index < -0.39 is 0 Å². The summed E-state index contributed by atoms with van der Waals surface area (Å²) < 4.78 is 5.21. The monoisotopic (exact) mass is 307 g/mol. The molecule has 0 fully saturated rings. The van der Waals surface area contributed by atoms with Crippen molar-refractivity contribution in [3.8, 4) is 17.1 Å². The number of para-hydroxylation sites is 1. The lowest BCUT2D eigenvalue weighted by Crippen LogP contribution is -2.15. The average Bonchev–Trinajstić information content (AvgIpc) is 2.61. The maximum Gasteiger partial charge on any atom is 0.162 e. The number of anilines is 1. The standard InChI is InChI=1S/C19H21N3O/c1-4-13(2)20-19-16-7-5-6-8-17(16)21-18(22-19)14-9-11-15(23-3)12-10-14/h5-13H,4H2,1-3H3,(H,20,21,22). The van der Waals surface area contributed by atoms with Gasteiger partial charge in [0.05, 0.1) is 12.6 Å². The summed E-state index contributed by atoms with van der Waals surface area (Å²) in [5.41, 5.74) is 1.92. The van der Waals surface area contributed by atoms with Crippen molar-refractivity contribution >= 4 is 16.7 Å². The van der Waals surface area contributed by atoms with E-state index in [0.29, 0.717) is 6.04 Å². The first-order chi connectivity index (χ1) is 11.2. The van der Waals surface area contributed by atoms with Crippen LogP contribution in [0.1, 0.15) is 20.3 Å². The topological polar surface area (TPSA) is 47.0 Å². The molecule has 4 heteroatoms. The van der Waals surface area contributed by atoms with Crippen LogP contribution in [0.15, 0.2) is 48.5 Å². The number of ether oxygens (including phenoxy) is 1. The van der Waals surface area contributed by atoms with Gasteiger partial charge in [-0.1, -0.05) is 19.1 Å². The Kier molecular flexibility index (Phi) is 4.42. The highest BCUT2D eigenvalue weighted by Crippen LogP contribution is 2.26. The van der Waals surface area contributed by atoms with Crippen molar-refractivity contribution in [1.29, 1.82) is 0 Å². The number of hydrogen-bond acceptors (Lipinski definition) is 4. The second-order valence-electron chi connectivity index (χ2n) is 5.60. The highest BCUT2D eigenvalue weighted by molar-refractivity contribution is 5.90.